The van der Waals surface area contributed by atoms with Crippen molar-refractivity contribution in [1.82, 2.24) is 19.2 Å². The van der Waals surface area contributed by atoms with Gasteiger partial charge in [0.2, 0.25) is 0 Å². The lowest BCUT2D eigenvalue weighted by molar-refractivity contribution is 0.619. The second-order valence-electron chi connectivity index (χ2n) is 4.90. The number of fused-ring (bicyclic) bond motifs is 2. The van der Waals surface area contributed by atoms with Crippen LogP contribution in [0.5, 0.6) is 0 Å². The molecular weight excluding hydrogens is 267 g/mol. The minimum atomic E-state index is -0.291. The quantitative estimate of drug-likeness (QED) is 0.563. The molecule has 0 amide bonds. The molecule has 0 atom stereocenters. The lowest BCUT2D eigenvalue weighted by atomic mass is 10.2. The second kappa shape index (κ2) is 4.41. The van der Waals surface area contributed by atoms with Crippen LogP contribution in [-0.4, -0.2) is 19.2 Å². The molecule has 0 aliphatic rings. The van der Waals surface area contributed by atoms with E-state index in [1.165, 1.54) is 12.3 Å². The van der Waals surface area contributed by atoms with Gasteiger partial charge in [0.1, 0.15) is 17.2 Å². The SMILES string of the molecule is CCn1nc(-c2cnc3ccc(F)cn23)c2ccccc21. The summed E-state index contributed by atoms with van der Waals surface area (Å²) < 4.78 is 17.2. The van der Waals surface area contributed by atoms with Gasteiger partial charge in [-0.15, -0.1) is 0 Å². The Balaban J connectivity index is 2.07. The Hall–Kier alpha value is -2.69. The summed E-state index contributed by atoms with van der Waals surface area (Å²) in [6.45, 7) is 2.84. The smallest absolute Gasteiger partial charge is 0.139 e. The molecule has 0 bridgehead atoms. The standard InChI is InChI=1S/C16H13FN4/c1-2-21-13-6-4-3-5-12(13)16(19-21)14-9-18-15-8-7-11(17)10-20(14)15/h3-10H,2H2,1H3. The van der Waals surface area contributed by atoms with Gasteiger partial charge in [0.05, 0.1) is 17.4 Å². The number of aryl methyl sites for hydroxylation is 1. The average Bonchev–Trinajstić information content (AvgIpc) is 3.07. The first-order chi connectivity index (χ1) is 10.3. The van der Waals surface area contributed by atoms with Crippen LogP contribution in [0.1, 0.15) is 6.92 Å². The topological polar surface area (TPSA) is 35.1 Å². The van der Waals surface area contributed by atoms with Crippen LogP contribution in [0.25, 0.3) is 27.9 Å². The normalized spacial score (nSPS) is 11.5. The summed E-state index contributed by atoms with van der Waals surface area (Å²) in [4.78, 5) is 4.33. The van der Waals surface area contributed by atoms with Gasteiger partial charge in [-0.3, -0.25) is 9.08 Å². The fourth-order valence-corrected chi connectivity index (χ4v) is 2.69. The Kier molecular flexibility index (Phi) is 2.54. The Morgan fingerprint density at radius 2 is 2.00 bits per heavy atom. The van der Waals surface area contributed by atoms with Crippen LogP contribution in [0, 0.1) is 5.82 Å². The summed E-state index contributed by atoms with van der Waals surface area (Å²) in [7, 11) is 0. The maximum Gasteiger partial charge on any atom is 0.139 e. The van der Waals surface area contributed by atoms with Gasteiger partial charge in [-0.25, -0.2) is 9.37 Å². The number of benzene rings is 1. The van der Waals surface area contributed by atoms with Crippen molar-refractivity contribution >= 4 is 16.6 Å². The third-order valence-corrected chi connectivity index (χ3v) is 3.67. The van der Waals surface area contributed by atoms with E-state index in [2.05, 4.69) is 17.0 Å². The van der Waals surface area contributed by atoms with Crippen molar-refractivity contribution in [2.75, 3.05) is 0 Å². The van der Waals surface area contributed by atoms with E-state index in [0.29, 0.717) is 5.65 Å². The van der Waals surface area contributed by atoms with Gasteiger partial charge >= 0.3 is 0 Å². The molecule has 5 heteroatoms. The van der Waals surface area contributed by atoms with Crippen molar-refractivity contribution in [2.24, 2.45) is 0 Å². The maximum atomic E-state index is 13.5. The first kappa shape index (κ1) is 12.1. The number of imidazole rings is 1. The number of hydrogen-bond donors (Lipinski definition) is 0. The molecule has 0 spiro atoms. The van der Waals surface area contributed by atoms with E-state index < -0.39 is 0 Å². The minimum absolute atomic E-state index is 0.291. The highest BCUT2D eigenvalue weighted by atomic mass is 19.1. The van der Waals surface area contributed by atoms with Crippen molar-refractivity contribution in [1.29, 1.82) is 0 Å². The predicted molar refractivity (Wildman–Crippen MR) is 79.6 cm³/mol. The second-order valence-corrected chi connectivity index (χ2v) is 4.90. The molecule has 0 fully saturated rings. The Morgan fingerprint density at radius 3 is 2.86 bits per heavy atom. The third kappa shape index (κ3) is 1.74. The lowest BCUT2D eigenvalue weighted by Crippen LogP contribution is -1.96. The van der Waals surface area contributed by atoms with Crippen LogP contribution in [0.4, 0.5) is 4.39 Å². The Labute approximate surface area is 120 Å². The van der Waals surface area contributed by atoms with Crippen LogP contribution >= 0.6 is 0 Å². The van der Waals surface area contributed by atoms with E-state index in [1.807, 2.05) is 28.9 Å². The molecule has 0 radical (unpaired) electrons. The van der Waals surface area contributed by atoms with Crippen LogP contribution < -0.4 is 0 Å². The number of rotatable bonds is 2. The molecule has 1 aromatic carbocycles. The summed E-state index contributed by atoms with van der Waals surface area (Å²) in [5.74, 6) is -0.291. The molecule has 3 aromatic heterocycles. The van der Waals surface area contributed by atoms with E-state index in [1.54, 1.807) is 16.7 Å². The molecule has 104 valence electrons. The molecule has 21 heavy (non-hydrogen) atoms. The monoisotopic (exact) mass is 280 g/mol. The highest BCUT2D eigenvalue weighted by Gasteiger charge is 2.15. The Bertz CT molecular complexity index is 951. The minimum Gasteiger partial charge on any atom is -0.295 e. The van der Waals surface area contributed by atoms with Gasteiger partial charge in [0, 0.05) is 18.1 Å². The molecule has 0 unspecified atom stereocenters. The van der Waals surface area contributed by atoms with Gasteiger partial charge in [0.25, 0.3) is 0 Å². The molecule has 3 heterocycles. The van der Waals surface area contributed by atoms with E-state index in [4.69, 9.17) is 0 Å². The molecule has 0 saturated carbocycles. The van der Waals surface area contributed by atoms with Crippen LogP contribution in [0.2, 0.25) is 0 Å². The summed E-state index contributed by atoms with van der Waals surface area (Å²) in [6.07, 6.45) is 3.18. The van der Waals surface area contributed by atoms with E-state index in [-0.39, 0.29) is 5.82 Å². The summed E-state index contributed by atoms with van der Waals surface area (Å²) in [6, 6.07) is 11.1. The van der Waals surface area contributed by atoms with E-state index in [9.17, 15) is 4.39 Å². The number of nitrogens with zero attached hydrogens (tertiary/aromatic N) is 4. The fraction of sp³-hybridized carbons (Fsp3) is 0.125. The number of pyridine rings is 1. The molecular formula is C16H13FN4. The van der Waals surface area contributed by atoms with E-state index in [0.717, 1.165) is 28.8 Å². The van der Waals surface area contributed by atoms with Gasteiger partial charge in [-0.1, -0.05) is 18.2 Å². The first-order valence-electron chi connectivity index (χ1n) is 6.86. The van der Waals surface area contributed by atoms with Crippen molar-refractivity contribution < 1.29 is 4.39 Å². The zero-order chi connectivity index (χ0) is 14.4. The first-order valence-corrected chi connectivity index (χ1v) is 6.86. The predicted octanol–water partition coefficient (Wildman–Crippen LogP) is 3.51. The Morgan fingerprint density at radius 1 is 1.14 bits per heavy atom. The van der Waals surface area contributed by atoms with Crippen LogP contribution in [-0.2, 0) is 6.54 Å². The van der Waals surface area contributed by atoms with Gasteiger partial charge < -0.3 is 0 Å². The zero-order valence-corrected chi connectivity index (χ0v) is 11.5. The largest absolute Gasteiger partial charge is 0.295 e. The zero-order valence-electron chi connectivity index (χ0n) is 11.5. The van der Waals surface area contributed by atoms with Crippen LogP contribution in [0.15, 0.2) is 48.8 Å². The van der Waals surface area contributed by atoms with Crippen molar-refractivity contribution in [2.45, 2.75) is 13.5 Å². The summed E-state index contributed by atoms with van der Waals surface area (Å²) in [5, 5.41) is 5.71. The number of para-hydroxylation sites is 1. The highest BCUT2D eigenvalue weighted by molar-refractivity contribution is 5.92. The molecule has 4 rings (SSSR count). The van der Waals surface area contributed by atoms with E-state index >= 15 is 0 Å². The van der Waals surface area contributed by atoms with Crippen molar-refractivity contribution in [3.8, 4) is 11.4 Å². The lowest BCUT2D eigenvalue weighted by Gasteiger charge is -1.99. The molecule has 4 nitrogen and oxygen atoms in total. The molecule has 0 aliphatic carbocycles. The summed E-state index contributed by atoms with van der Waals surface area (Å²) >= 11 is 0. The van der Waals surface area contributed by atoms with Crippen LogP contribution in [0.3, 0.4) is 0 Å². The average molecular weight is 280 g/mol. The number of hydrogen-bond acceptors (Lipinski definition) is 2. The van der Waals surface area contributed by atoms with Gasteiger partial charge in [-0.2, -0.15) is 5.10 Å². The highest BCUT2D eigenvalue weighted by Crippen LogP contribution is 2.28. The molecule has 0 aliphatic heterocycles. The van der Waals surface area contributed by atoms with Gasteiger partial charge in [-0.05, 0) is 25.1 Å². The third-order valence-electron chi connectivity index (χ3n) is 3.67. The number of halogens is 1. The maximum absolute atomic E-state index is 13.5. The van der Waals surface area contributed by atoms with Crippen molar-refractivity contribution in [3.05, 3.63) is 54.6 Å². The summed E-state index contributed by atoms with van der Waals surface area (Å²) in [5.41, 5.74) is 3.40. The van der Waals surface area contributed by atoms with Crippen molar-refractivity contribution in [3.63, 3.8) is 0 Å². The molecule has 0 N–H and O–H groups in total. The molecule has 0 saturated heterocycles. The number of aromatic nitrogens is 4. The fourth-order valence-electron chi connectivity index (χ4n) is 2.69. The molecule has 4 aromatic rings. The van der Waals surface area contributed by atoms with Gasteiger partial charge in [0.15, 0.2) is 0 Å².